The molecule has 3 aromatic rings. The van der Waals surface area contributed by atoms with Gasteiger partial charge in [0.05, 0.1) is 13.0 Å². The van der Waals surface area contributed by atoms with Crippen LogP contribution < -0.4 is 10.6 Å². The zero-order valence-electron chi connectivity index (χ0n) is 22.1. The molecule has 0 aliphatic carbocycles. The molecule has 5 nitrogen and oxygen atoms in total. The van der Waals surface area contributed by atoms with E-state index in [1.807, 2.05) is 18.3 Å². The zero-order chi connectivity index (χ0) is 25.7. The number of hydrogen-bond donors (Lipinski definition) is 2. The smallest absolute Gasteiger partial charge is 0.310 e. The number of esters is 1. The molecule has 4 rings (SSSR count). The molecule has 1 aliphatic rings. The number of hydrogen-bond acceptors (Lipinski definition) is 5. The third-order valence-electron chi connectivity index (χ3n) is 7.68. The van der Waals surface area contributed by atoms with Gasteiger partial charge in [0.25, 0.3) is 0 Å². The number of pyridine rings is 1. The van der Waals surface area contributed by atoms with Crippen LogP contribution in [0.3, 0.4) is 0 Å². The molecule has 5 heteroatoms. The van der Waals surface area contributed by atoms with Crippen molar-refractivity contribution in [2.24, 2.45) is 11.8 Å². The van der Waals surface area contributed by atoms with Crippen LogP contribution in [0.2, 0.25) is 0 Å². The van der Waals surface area contributed by atoms with Gasteiger partial charge in [0.2, 0.25) is 0 Å². The first-order chi connectivity index (χ1) is 18.2. The highest BCUT2D eigenvalue weighted by molar-refractivity contribution is 5.73. The van der Waals surface area contributed by atoms with Gasteiger partial charge in [-0.05, 0) is 79.4 Å². The molecule has 0 radical (unpaired) electrons. The Kier molecular flexibility index (Phi) is 10.7. The quantitative estimate of drug-likeness (QED) is 0.291. The summed E-state index contributed by atoms with van der Waals surface area (Å²) in [5, 5.41) is 7.20. The summed E-state index contributed by atoms with van der Waals surface area (Å²) in [6, 6.07) is 23.2. The zero-order valence-corrected chi connectivity index (χ0v) is 22.1. The molecule has 0 spiro atoms. The highest BCUT2D eigenvalue weighted by Gasteiger charge is 2.29. The van der Waals surface area contributed by atoms with E-state index in [1.54, 1.807) is 6.20 Å². The van der Waals surface area contributed by atoms with E-state index < -0.39 is 0 Å². The molecule has 196 valence electrons. The van der Waals surface area contributed by atoms with Crippen molar-refractivity contribution >= 4 is 5.97 Å². The third-order valence-corrected chi connectivity index (χ3v) is 7.68. The van der Waals surface area contributed by atoms with Crippen molar-refractivity contribution in [2.75, 3.05) is 20.2 Å². The highest BCUT2D eigenvalue weighted by Crippen LogP contribution is 2.25. The van der Waals surface area contributed by atoms with Gasteiger partial charge in [-0.25, -0.2) is 0 Å². The van der Waals surface area contributed by atoms with Gasteiger partial charge in [-0.2, -0.15) is 0 Å². The number of rotatable bonds is 13. The molecular weight excluding hydrogens is 458 g/mol. The van der Waals surface area contributed by atoms with Crippen molar-refractivity contribution in [2.45, 2.75) is 57.5 Å². The fraction of sp³-hybridized carbons (Fsp3) is 0.438. The fourth-order valence-electron chi connectivity index (χ4n) is 5.44. The number of piperidine rings is 1. The minimum absolute atomic E-state index is 0.0543. The average molecular weight is 500 g/mol. The maximum Gasteiger partial charge on any atom is 0.310 e. The fourth-order valence-corrected chi connectivity index (χ4v) is 5.44. The van der Waals surface area contributed by atoms with Crippen LogP contribution in [0.4, 0.5) is 0 Å². The lowest BCUT2D eigenvalue weighted by atomic mass is 9.86. The molecule has 1 saturated heterocycles. The third kappa shape index (κ3) is 8.51. The second-order valence-corrected chi connectivity index (χ2v) is 10.2. The van der Waals surface area contributed by atoms with Crippen LogP contribution in [-0.2, 0) is 22.5 Å². The highest BCUT2D eigenvalue weighted by atomic mass is 16.5. The Hall–Kier alpha value is -3.02. The maximum absolute atomic E-state index is 13.0. The molecule has 2 N–H and O–H groups in total. The number of methoxy groups -OCH3 is 1. The number of nitrogens with one attached hydrogen (secondary N) is 2. The summed E-state index contributed by atoms with van der Waals surface area (Å²) in [5.74, 6) is 0.529. The Morgan fingerprint density at radius 2 is 1.76 bits per heavy atom. The topological polar surface area (TPSA) is 63.2 Å². The monoisotopic (exact) mass is 499 g/mol. The van der Waals surface area contributed by atoms with Crippen LogP contribution in [0.1, 0.15) is 49.7 Å². The van der Waals surface area contributed by atoms with Crippen molar-refractivity contribution in [1.82, 2.24) is 15.6 Å². The van der Waals surface area contributed by atoms with E-state index >= 15 is 0 Å². The number of aryl methyl sites for hydroxylation is 1. The van der Waals surface area contributed by atoms with Gasteiger partial charge < -0.3 is 15.4 Å². The Bertz CT molecular complexity index is 1050. The summed E-state index contributed by atoms with van der Waals surface area (Å²) in [5.41, 5.74) is 4.77. The van der Waals surface area contributed by atoms with Crippen molar-refractivity contribution in [3.05, 3.63) is 90.3 Å². The molecule has 2 heterocycles. The molecule has 0 bridgehead atoms. The van der Waals surface area contributed by atoms with E-state index in [0.29, 0.717) is 6.54 Å². The van der Waals surface area contributed by atoms with E-state index in [-0.39, 0.29) is 17.9 Å². The maximum atomic E-state index is 13.0. The van der Waals surface area contributed by atoms with Crippen LogP contribution in [0, 0.1) is 11.8 Å². The number of nitrogens with zero attached hydrogens (tertiary/aromatic N) is 1. The van der Waals surface area contributed by atoms with Crippen molar-refractivity contribution < 1.29 is 9.53 Å². The van der Waals surface area contributed by atoms with Crippen LogP contribution in [0.25, 0.3) is 11.1 Å². The average Bonchev–Trinajstić information content (AvgIpc) is 2.97. The van der Waals surface area contributed by atoms with Crippen LogP contribution in [0.5, 0.6) is 0 Å². The Morgan fingerprint density at radius 3 is 2.46 bits per heavy atom. The predicted octanol–water partition coefficient (Wildman–Crippen LogP) is 5.80. The van der Waals surface area contributed by atoms with Gasteiger partial charge in [-0.15, -0.1) is 0 Å². The largest absolute Gasteiger partial charge is 0.469 e. The second kappa shape index (κ2) is 14.7. The van der Waals surface area contributed by atoms with E-state index in [9.17, 15) is 4.79 Å². The summed E-state index contributed by atoms with van der Waals surface area (Å²) >= 11 is 0. The Balaban J connectivity index is 1.41. The lowest BCUT2D eigenvalue weighted by Gasteiger charge is -2.28. The molecule has 0 amide bonds. The van der Waals surface area contributed by atoms with Crippen molar-refractivity contribution in [3.63, 3.8) is 0 Å². The van der Waals surface area contributed by atoms with Gasteiger partial charge >= 0.3 is 5.97 Å². The Labute approximate surface area is 222 Å². The van der Waals surface area contributed by atoms with Crippen molar-refractivity contribution in [1.29, 1.82) is 0 Å². The van der Waals surface area contributed by atoms with Crippen molar-refractivity contribution in [3.8, 4) is 11.1 Å². The Morgan fingerprint density at radius 1 is 0.973 bits per heavy atom. The minimum Gasteiger partial charge on any atom is -0.469 e. The summed E-state index contributed by atoms with van der Waals surface area (Å²) < 4.78 is 5.31. The first-order valence-electron chi connectivity index (χ1n) is 13.8. The number of ether oxygens (including phenoxy) is 1. The molecule has 1 aliphatic heterocycles. The van der Waals surface area contributed by atoms with E-state index in [4.69, 9.17) is 4.74 Å². The first-order valence-corrected chi connectivity index (χ1v) is 13.8. The summed E-state index contributed by atoms with van der Waals surface area (Å²) in [7, 11) is 1.52. The lowest BCUT2D eigenvalue weighted by molar-refractivity contribution is -0.147. The van der Waals surface area contributed by atoms with Crippen LogP contribution >= 0.6 is 0 Å². The van der Waals surface area contributed by atoms with Gasteiger partial charge in [-0.3, -0.25) is 9.78 Å². The van der Waals surface area contributed by atoms with Crippen LogP contribution in [-0.4, -0.2) is 37.2 Å². The molecule has 2 aromatic carbocycles. The molecule has 37 heavy (non-hydrogen) atoms. The van der Waals surface area contributed by atoms with Gasteiger partial charge in [0, 0.05) is 25.0 Å². The first kappa shape index (κ1) is 27.0. The molecule has 2 atom stereocenters. The molecular formula is C32H41N3O2. The van der Waals surface area contributed by atoms with Gasteiger partial charge in [0.15, 0.2) is 0 Å². The van der Waals surface area contributed by atoms with Crippen LogP contribution in [0.15, 0.2) is 79.1 Å². The normalized spacial score (nSPS) is 15.7. The molecule has 0 saturated carbocycles. The molecule has 1 fully saturated rings. The second-order valence-electron chi connectivity index (χ2n) is 10.2. The SMILES string of the molecule is COC(=O)[C@H](CCCC1CCNCC1)[C@@H](CCc1ccccc1)NCc1ccc(-c2cccnc2)cc1. The predicted molar refractivity (Wildman–Crippen MR) is 150 cm³/mol. The van der Waals surface area contributed by atoms with Gasteiger partial charge in [-0.1, -0.05) is 73.5 Å². The number of benzene rings is 2. The lowest BCUT2D eigenvalue weighted by Crippen LogP contribution is -2.41. The van der Waals surface area contributed by atoms with E-state index in [0.717, 1.165) is 55.8 Å². The number of aromatic nitrogens is 1. The molecule has 1 aromatic heterocycles. The van der Waals surface area contributed by atoms with E-state index in [1.165, 1.54) is 37.5 Å². The number of carbonyl (C=O) groups is 1. The summed E-state index contributed by atoms with van der Waals surface area (Å²) in [6.45, 7) is 2.95. The summed E-state index contributed by atoms with van der Waals surface area (Å²) in [4.78, 5) is 17.2. The van der Waals surface area contributed by atoms with E-state index in [2.05, 4.69) is 70.2 Å². The standard InChI is InChI=1S/C32H41N3O2/c1-37-32(36)30(11-5-9-26-18-21-33-22-19-26)31(17-14-25-7-3-2-4-8-25)35-23-27-12-15-28(16-13-27)29-10-6-20-34-24-29/h2-4,6-8,10,12-13,15-16,20,24,26,30-31,33,35H,5,9,11,14,17-19,21-23H2,1H3/t30-,31-/m1/s1. The van der Waals surface area contributed by atoms with Gasteiger partial charge in [0.1, 0.15) is 0 Å². The number of carbonyl (C=O) groups excluding carboxylic acids is 1. The molecule has 0 unspecified atom stereocenters. The minimum atomic E-state index is -0.148. The summed E-state index contributed by atoms with van der Waals surface area (Å²) in [6.07, 6.45) is 11.1.